The van der Waals surface area contributed by atoms with Gasteiger partial charge in [-0.3, -0.25) is 0 Å². The van der Waals surface area contributed by atoms with E-state index >= 15 is 0 Å². The minimum Gasteiger partial charge on any atom is -0.480 e. The van der Waals surface area contributed by atoms with Crippen LogP contribution in [0.15, 0.2) is 24.3 Å². The third kappa shape index (κ3) is 4.27. The zero-order chi connectivity index (χ0) is 15.3. The van der Waals surface area contributed by atoms with Crippen molar-refractivity contribution in [3.8, 4) is 0 Å². The van der Waals surface area contributed by atoms with Crippen molar-refractivity contribution in [3.05, 3.63) is 29.8 Å². The van der Waals surface area contributed by atoms with Crippen LogP contribution in [-0.2, 0) is 4.79 Å². The van der Waals surface area contributed by atoms with Gasteiger partial charge in [0, 0.05) is 5.69 Å². The van der Waals surface area contributed by atoms with E-state index in [0.29, 0.717) is 5.69 Å². The lowest BCUT2D eigenvalue weighted by Gasteiger charge is -2.18. The summed E-state index contributed by atoms with van der Waals surface area (Å²) in [6, 6.07) is 3.88. The molecule has 1 unspecified atom stereocenters. The fourth-order valence-electron chi connectivity index (χ4n) is 1.52. The Morgan fingerprint density at radius 1 is 1.05 bits per heavy atom. The predicted octanol–water partition coefficient (Wildman–Crippen LogP) is 1.62. The first kappa shape index (κ1) is 15.5. The number of hydrogen-bond donors (Lipinski definition) is 4. The summed E-state index contributed by atoms with van der Waals surface area (Å²) in [5, 5.41) is 22.5. The van der Waals surface area contributed by atoms with Crippen LogP contribution < -0.4 is 10.6 Å². The highest BCUT2D eigenvalue weighted by Crippen LogP contribution is 2.10. The van der Waals surface area contributed by atoms with Gasteiger partial charge in [0.2, 0.25) is 0 Å². The summed E-state index contributed by atoms with van der Waals surface area (Å²) in [7, 11) is 0. The normalized spacial score (nSPS) is 11.8. The van der Waals surface area contributed by atoms with Gasteiger partial charge < -0.3 is 20.8 Å². The second-order valence-corrected chi connectivity index (χ2v) is 4.54. The number of nitrogens with one attached hydrogen (secondary N) is 2. The first-order valence-electron chi connectivity index (χ1n) is 5.95. The van der Waals surface area contributed by atoms with Gasteiger partial charge in [-0.15, -0.1) is 0 Å². The van der Waals surface area contributed by atoms with Crippen molar-refractivity contribution in [1.29, 1.82) is 0 Å². The molecule has 1 aromatic rings. The topological polar surface area (TPSA) is 116 Å². The average Bonchev–Trinajstić information content (AvgIpc) is 2.35. The first-order valence-corrected chi connectivity index (χ1v) is 5.95. The number of aliphatic carboxylic acids is 1. The standard InChI is InChI=1S/C13H16N2O5/c1-7(2)10(12(18)19)15-13(20)14-9-5-3-8(4-6-9)11(16)17/h3-7,10H,1-2H3,(H,16,17)(H,18,19)(H2,14,15,20). The molecule has 0 fully saturated rings. The average molecular weight is 280 g/mol. The van der Waals surface area contributed by atoms with Crippen LogP contribution in [0.25, 0.3) is 0 Å². The molecular weight excluding hydrogens is 264 g/mol. The molecule has 0 aliphatic carbocycles. The smallest absolute Gasteiger partial charge is 0.335 e. The summed E-state index contributed by atoms with van der Waals surface area (Å²) in [4.78, 5) is 33.3. The summed E-state index contributed by atoms with van der Waals surface area (Å²) in [6.45, 7) is 3.36. The molecule has 7 heteroatoms. The largest absolute Gasteiger partial charge is 0.480 e. The van der Waals surface area contributed by atoms with E-state index in [1.807, 2.05) is 0 Å². The summed E-state index contributed by atoms with van der Waals surface area (Å²) < 4.78 is 0. The lowest BCUT2D eigenvalue weighted by Crippen LogP contribution is -2.46. The minimum atomic E-state index is -1.11. The number of amides is 2. The Morgan fingerprint density at radius 2 is 1.60 bits per heavy atom. The van der Waals surface area contributed by atoms with E-state index in [-0.39, 0.29) is 11.5 Å². The molecule has 0 radical (unpaired) electrons. The summed E-state index contributed by atoms with van der Waals surface area (Å²) in [5.41, 5.74) is 0.474. The summed E-state index contributed by atoms with van der Waals surface area (Å²) in [6.07, 6.45) is 0. The molecule has 0 aromatic heterocycles. The Labute approximate surface area is 115 Å². The number of hydrogen-bond acceptors (Lipinski definition) is 3. The van der Waals surface area contributed by atoms with Crippen molar-refractivity contribution >= 4 is 23.7 Å². The SMILES string of the molecule is CC(C)C(NC(=O)Nc1ccc(C(=O)O)cc1)C(=O)O. The van der Waals surface area contributed by atoms with Gasteiger partial charge in [-0.2, -0.15) is 0 Å². The zero-order valence-corrected chi connectivity index (χ0v) is 11.1. The molecule has 0 saturated carbocycles. The van der Waals surface area contributed by atoms with Crippen molar-refractivity contribution < 1.29 is 24.6 Å². The van der Waals surface area contributed by atoms with Crippen LogP contribution in [0.2, 0.25) is 0 Å². The number of carbonyl (C=O) groups is 3. The molecular formula is C13H16N2O5. The number of carboxylic acid groups (broad SMARTS) is 2. The van der Waals surface area contributed by atoms with Gasteiger partial charge in [-0.05, 0) is 30.2 Å². The molecule has 7 nitrogen and oxygen atoms in total. The quantitative estimate of drug-likeness (QED) is 0.654. The van der Waals surface area contributed by atoms with E-state index in [2.05, 4.69) is 10.6 Å². The van der Waals surface area contributed by atoms with Crippen molar-refractivity contribution in [2.75, 3.05) is 5.32 Å². The second-order valence-electron chi connectivity index (χ2n) is 4.54. The van der Waals surface area contributed by atoms with Crippen molar-refractivity contribution in [1.82, 2.24) is 5.32 Å². The van der Waals surface area contributed by atoms with Gasteiger partial charge >= 0.3 is 18.0 Å². The lowest BCUT2D eigenvalue weighted by molar-refractivity contribution is -0.140. The maximum atomic E-state index is 11.6. The lowest BCUT2D eigenvalue weighted by atomic mass is 10.1. The zero-order valence-electron chi connectivity index (χ0n) is 11.1. The number of carbonyl (C=O) groups excluding carboxylic acids is 1. The third-order valence-electron chi connectivity index (χ3n) is 2.61. The Bertz CT molecular complexity index is 510. The van der Waals surface area contributed by atoms with Crippen LogP contribution in [0.4, 0.5) is 10.5 Å². The second kappa shape index (κ2) is 6.55. The van der Waals surface area contributed by atoms with Crippen molar-refractivity contribution in [3.63, 3.8) is 0 Å². The highest BCUT2D eigenvalue weighted by atomic mass is 16.4. The summed E-state index contributed by atoms with van der Waals surface area (Å²) >= 11 is 0. The molecule has 1 atom stereocenters. The molecule has 0 saturated heterocycles. The van der Waals surface area contributed by atoms with Crippen LogP contribution in [0.3, 0.4) is 0 Å². The molecule has 2 amide bonds. The number of urea groups is 1. The van der Waals surface area contributed by atoms with Gasteiger partial charge in [0.25, 0.3) is 0 Å². The van der Waals surface area contributed by atoms with Crippen LogP contribution in [0, 0.1) is 5.92 Å². The molecule has 20 heavy (non-hydrogen) atoms. The van der Waals surface area contributed by atoms with Gasteiger partial charge in [0.15, 0.2) is 0 Å². The summed E-state index contributed by atoms with van der Waals surface area (Å²) in [5.74, 6) is -2.43. The number of carboxylic acids is 2. The van der Waals surface area contributed by atoms with Crippen molar-refractivity contribution in [2.24, 2.45) is 5.92 Å². The van der Waals surface area contributed by atoms with Crippen molar-refractivity contribution in [2.45, 2.75) is 19.9 Å². The molecule has 0 spiro atoms. The van der Waals surface area contributed by atoms with E-state index in [0.717, 1.165) is 0 Å². The van der Waals surface area contributed by atoms with E-state index in [4.69, 9.17) is 10.2 Å². The van der Waals surface area contributed by atoms with E-state index < -0.39 is 24.0 Å². The van der Waals surface area contributed by atoms with E-state index in [9.17, 15) is 14.4 Å². The van der Waals surface area contributed by atoms with Gasteiger partial charge in [0.1, 0.15) is 6.04 Å². The number of anilines is 1. The highest BCUT2D eigenvalue weighted by molar-refractivity contribution is 5.93. The maximum absolute atomic E-state index is 11.6. The molecule has 1 rings (SSSR count). The van der Waals surface area contributed by atoms with Crippen LogP contribution in [-0.4, -0.2) is 34.2 Å². The first-order chi connectivity index (χ1) is 9.31. The molecule has 0 aliphatic rings. The Balaban J connectivity index is 2.66. The molecule has 1 aromatic carbocycles. The third-order valence-corrected chi connectivity index (χ3v) is 2.61. The number of rotatable bonds is 5. The maximum Gasteiger partial charge on any atom is 0.335 e. The molecule has 0 aliphatic heterocycles. The van der Waals surface area contributed by atoms with Crippen LogP contribution in [0.5, 0.6) is 0 Å². The minimum absolute atomic E-state index is 0.0987. The fourth-order valence-corrected chi connectivity index (χ4v) is 1.52. The van der Waals surface area contributed by atoms with Gasteiger partial charge in [-0.1, -0.05) is 13.8 Å². The van der Waals surface area contributed by atoms with E-state index in [1.54, 1.807) is 13.8 Å². The number of aromatic carboxylic acids is 1. The van der Waals surface area contributed by atoms with Crippen LogP contribution >= 0.6 is 0 Å². The predicted molar refractivity (Wildman–Crippen MR) is 71.8 cm³/mol. The van der Waals surface area contributed by atoms with Gasteiger partial charge in [-0.25, -0.2) is 14.4 Å². The molecule has 4 N–H and O–H groups in total. The Kier molecular flexibility index (Phi) is 5.08. The fraction of sp³-hybridized carbons (Fsp3) is 0.308. The molecule has 0 heterocycles. The Morgan fingerprint density at radius 3 is 2.00 bits per heavy atom. The highest BCUT2D eigenvalue weighted by Gasteiger charge is 2.23. The number of benzene rings is 1. The Hall–Kier alpha value is -2.57. The van der Waals surface area contributed by atoms with Crippen LogP contribution in [0.1, 0.15) is 24.2 Å². The van der Waals surface area contributed by atoms with Gasteiger partial charge in [0.05, 0.1) is 5.56 Å². The molecule has 108 valence electrons. The monoisotopic (exact) mass is 280 g/mol. The van der Waals surface area contributed by atoms with E-state index in [1.165, 1.54) is 24.3 Å². The molecule has 0 bridgehead atoms.